The lowest BCUT2D eigenvalue weighted by molar-refractivity contribution is 0.217. The summed E-state index contributed by atoms with van der Waals surface area (Å²) < 4.78 is 13.5. The topological polar surface area (TPSA) is 15.3 Å². The van der Waals surface area contributed by atoms with Gasteiger partial charge in [-0.2, -0.15) is 0 Å². The minimum absolute atomic E-state index is 0.158. The van der Waals surface area contributed by atoms with Crippen molar-refractivity contribution in [3.63, 3.8) is 0 Å². The molecule has 130 valence electrons. The second-order valence-electron chi connectivity index (χ2n) is 7.30. The fraction of sp³-hybridized carbons (Fsp3) is 0.524. The maximum Gasteiger partial charge on any atom is 0.123 e. The maximum atomic E-state index is 13.5. The molecule has 2 aromatic rings. The van der Waals surface area contributed by atoms with E-state index >= 15 is 0 Å². The summed E-state index contributed by atoms with van der Waals surface area (Å²) in [5.74, 6) is 0.490. The molecule has 3 heteroatoms. The molecule has 1 atom stereocenters. The van der Waals surface area contributed by atoms with E-state index in [0.29, 0.717) is 5.92 Å². The SMILES string of the molecule is CCCNCC(C)CN(Cc1ccc2ccc(F)cc2c1)C1CC1. The van der Waals surface area contributed by atoms with E-state index in [9.17, 15) is 4.39 Å². The first-order chi connectivity index (χ1) is 11.7. The summed E-state index contributed by atoms with van der Waals surface area (Å²) in [6.07, 6.45) is 3.82. The highest BCUT2D eigenvalue weighted by Gasteiger charge is 2.29. The molecule has 1 fully saturated rings. The summed E-state index contributed by atoms with van der Waals surface area (Å²) in [5, 5.41) is 5.63. The van der Waals surface area contributed by atoms with Crippen molar-refractivity contribution in [1.82, 2.24) is 10.2 Å². The molecule has 0 amide bonds. The van der Waals surface area contributed by atoms with Gasteiger partial charge in [0.05, 0.1) is 0 Å². The third kappa shape index (κ3) is 4.78. The summed E-state index contributed by atoms with van der Waals surface area (Å²) in [5.41, 5.74) is 1.29. The van der Waals surface area contributed by atoms with E-state index in [2.05, 4.69) is 42.3 Å². The van der Waals surface area contributed by atoms with Crippen LogP contribution in [-0.2, 0) is 6.54 Å². The average molecular weight is 328 g/mol. The van der Waals surface area contributed by atoms with Crippen molar-refractivity contribution >= 4 is 10.8 Å². The zero-order valence-corrected chi connectivity index (χ0v) is 14.9. The predicted molar refractivity (Wildman–Crippen MR) is 99.7 cm³/mol. The third-order valence-electron chi connectivity index (χ3n) is 4.78. The Bertz CT molecular complexity index is 666. The van der Waals surface area contributed by atoms with Crippen molar-refractivity contribution in [2.75, 3.05) is 19.6 Å². The standard InChI is InChI=1S/C21H29FN2/c1-3-10-23-13-16(2)14-24(21-8-9-21)15-17-4-5-18-6-7-20(22)12-19(18)11-17/h4-7,11-12,16,21,23H,3,8-10,13-15H2,1-2H3. The van der Waals surface area contributed by atoms with E-state index in [1.165, 1.54) is 30.9 Å². The molecule has 0 spiro atoms. The Labute approximate surface area is 145 Å². The van der Waals surface area contributed by atoms with Gasteiger partial charge in [0.2, 0.25) is 0 Å². The summed E-state index contributed by atoms with van der Waals surface area (Å²) in [7, 11) is 0. The van der Waals surface area contributed by atoms with Gasteiger partial charge in [-0.05, 0) is 72.8 Å². The Kier molecular flexibility index (Phi) is 5.85. The van der Waals surface area contributed by atoms with Gasteiger partial charge in [0, 0.05) is 19.1 Å². The molecule has 0 saturated heterocycles. The highest BCUT2D eigenvalue weighted by Crippen LogP contribution is 2.29. The summed E-state index contributed by atoms with van der Waals surface area (Å²) in [6.45, 7) is 8.81. The highest BCUT2D eigenvalue weighted by molar-refractivity contribution is 5.83. The van der Waals surface area contributed by atoms with Crippen LogP contribution in [-0.4, -0.2) is 30.6 Å². The number of hydrogen-bond donors (Lipinski definition) is 1. The summed E-state index contributed by atoms with van der Waals surface area (Å²) in [4.78, 5) is 2.61. The maximum absolute atomic E-state index is 13.5. The fourth-order valence-corrected chi connectivity index (χ4v) is 3.37. The van der Waals surface area contributed by atoms with Crippen LogP contribution in [0.4, 0.5) is 4.39 Å². The first-order valence-corrected chi connectivity index (χ1v) is 9.28. The van der Waals surface area contributed by atoms with E-state index in [1.54, 1.807) is 6.07 Å². The number of halogens is 1. The van der Waals surface area contributed by atoms with Crippen LogP contribution in [0.2, 0.25) is 0 Å². The van der Waals surface area contributed by atoms with Crippen molar-refractivity contribution < 1.29 is 4.39 Å². The monoisotopic (exact) mass is 328 g/mol. The largest absolute Gasteiger partial charge is 0.316 e. The lowest BCUT2D eigenvalue weighted by Crippen LogP contribution is -2.34. The van der Waals surface area contributed by atoms with Crippen molar-refractivity contribution in [3.05, 3.63) is 47.8 Å². The highest BCUT2D eigenvalue weighted by atomic mass is 19.1. The molecule has 0 radical (unpaired) electrons. The van der Waals surface area contributed by atoms with Crippen LogP contribution >= 0.6 is 0 Å². The quantitative estimate of drug-likeness (QED) is 0.678. The van der Waals surface area contributed by atoms with Gasteiger partial charge in [-0.15, -0.1) is 0 Å². The normalized spacial score (nSPS) is 16.0. The zero-order chi connectivity index (χ0) is 16.9. The van der Waals surface area contributed by atoms with Gasteiger partial charge in [-0.25, -0.2) is 4.39 Å². The lowest BCUT2D eigenvalue weighted by atomic mass is 10.1. The van der Waals surface area contributed by atoms with Crippen molar-refractivity contribution in [1.29, 1.82) is 0 Å². The molecule has 1 N–H and O–H groups in total. The van der Waals surface area contributed by atoms with E-state index < -0.39 is 0 Å². The minimum atomic E-state index is -0.158. The second kappa shape index (κ2) is 8.09. The number of benzene rings is 2. The van der Waals surface area contributed by atoms with Crippen LogP contribution in [0.15, 0.2) is 36.4 Å². The van der Waals surface area contributed by atoms with Crippen LogP contribution in [0.5, 0.6) is 0 Å². The van der Waals surface area contributed by atoms with Gasteiger partial charge < -0.3 is 5.32 Å². The zero-order valence-electron chi connectivity index (χ0n) is 14.9. The minimum Gasteiger partial charge on any atom is -0.316 e. The summed E-state index contributed by atoms with van der Waals surface area (Å²) in [6, 6.07) is 12.2. The van der Waals surface area contributed by atoms with Gasteiger partial charge in [0.25, 0.3) is 0 Å². The average Bonchev–Trinajstić information content (AvgIpc) is 3.39. The lowest BCUT2D eigenvalue weighted by Gasteiger charge is -2.26. The van der Waals surface area contributed by atoms with E-state index in [0.717, 1.165) is 43.0 Å². The smallest absolute Gasteiger partial charge is 0.123 e. The number of fused-ring (bicyclic) bond motifs is 1. The van der Waals surface area contributed by atoms with Gasteiger partial charge in [0.15, 0.2) is 0 Å². The molecule has 1 aliphatic rings. The van der Waals surface area contributed by atoms with Crippen molar-refractivity contribution in [2.24, 2.45) is 5.92 Å². The number of nitrogens with zero attached hydrogens (tertiary/aromatic N) is 1. The van der Waals surface area contributed by atoms with E-state index in [1.807, 2.05) is 6.07 Å². The van der Waals surface area contributed by atoms with Crippen LogP contribution in [0, 0.1) is 11.7 Å². The Balaban J connectivity index is 1.65. The van der Waals surface area contributed by atoms with Gasteiger partial charge in [-0.3, -0.25) is 4.90 Å². The van der Waals surface area contributed by atoms with Crippen molar-refractivity contribution in [3.8, 4) is 0 Å². The molecule has 0 aromatic heterocycles. The third-order valence-corrected chi connectivity index (χ3v) is 4.78. The molecule has 0 bridgehead atoms. The number of hydrogen-bond acceptors (Lipinski definition) is 2. The molecule has 2 nitrogen and oxygen atoms in total. The molecule has 1 saturated carbocycles. The van der Waals surface area contributed by atoms with Crippen LogP contribution < -0.4 is 5.32 Å². The molecule has 3 rings (SSSR count). The fourth-order valence-electron chi connectivity index (χ4n) is 3.37. The van der Waals surface area contributed by atoms with Gasteiger partial charge in [-0.1, -0.05) is 32.0 Å². The summed E-state index contributed by atoms with van der Waals surface area (Å²) >= 11 is 0. The first-order valence-electron chi connectivity index (χ1n) is 9.28. The Morgan fingerprint density at radius 1 is 1.17 bits per heavy atom. The molecular formula is C21H29FN2. The van der Waals surface area contributed by atoms with Crippen LogP contribution in [0.3, 0.4) is 0 Å². The number of nitrogens with one attached hydrogen (secondary N) is 1. The van der Waals surface area contributed by atoms with Crippen LogP contribution in [0.25, 0.3) is 10.8 Å². The molecule has 0 aliphatic heterocycles. The molecule has 1 aliphatic carbocycles. The Hall–Kier alpha value is -1.45. The predicted octanol–water partition coefficient (Wildman–Crippen LogP) is 4.58. The molecule has 1 unspecified atom stereocenters. The number of rotatable bonds is 9. The van der Waals surface area contributed by atoms with Gasteiger partial charge in [0.1, 0.15) is 5.82 Å². The molecule has 0 heterocycles. The molecule has 2 aromatic carbocycles. The molecular weight excluding hydrogens is 299 g/mol. The van der Waals surface area contributed by atoms with Crippen molar-refractivity contribution in [2.45, 2.75) is 45.7 Å². The first kappa shape index (κ1) is 17.4. The Morgan fingerprint density at radius 2 is 1.96 bits per heavy atom. The van der Waals surface area contributed by atoms with E-state index in [4.69, 9.17) is 0 Å². The second-order valence-corrected chi connectivity index (χ2v) is 7.30. The van der Waals surface area contributed by atoms with Gasteiger partial charge >= 0.3 is 0 Å². The molecule has 24 heavy (non-hydrogen) atoms. The van der Waals surface area contributed by atoms with E-state index in [-0.39, 0.29) is 5.82 Å². The Morgan fingerprint density at radius 3 is 2.71 bits per heavy atom. The van der Waals surface area contributed by atoms with Crippen LogP contribution in [0.1, 0.15) is 38.7 Å².